The van der Waals surface area contributed by atoms with Gasteiger partial charge < -0.3 is 10.5 Å². The number of anilines is 1. The van der Waals surface area contributed by atoms with Crippen molar-refractivity contribution < 1.29 is 4.74 Å². The lowest BCUT2D eigenvalue weighted by atomic mass is 10.1. The molecule has 96 valence electrons. The SMILES string of the molecule is COc1c(N)cccc1-c1ncn(CC(C)C)n1. The van der Waals surface area contributed by atoms with Crippen LogP contribution in [0.25, 0.3) is 11.4 Å². The lowest BCUT2D eigenvalue weighted by molar-refractivity contribution is 0.418. The van der Waals surface area contributed by atoms with E-state index in [0.29, 0.717) is 23.2 Å². The van der Waals surface area contributed by atoms with Crippen LogP contribution in [-0.2, 0) is 6.54 Å². The summed E-state index contributed by atoms with van der Waals surface area (Å²) in [7, 11) is 1.60. The van der Waals surface area contributed by atoms with Crippen molar-refractivity contribution in [1.82, 2.24) is 14.8 Å². The van der Waals surface area contributed by atoms with Crippen LogP contribution in [0.1, 0.15) is 13.8 Å². The van der Waals surface area contributed by atoms with E-state index in [1.807, 2.05) is 16.8 Å². The van der Waals surface area contributed by atoms with Gasteiger partial charge in [0, 0.05) is 6.54 Å². The molecule has 0 aliphatic rings. The van der Waals surface area contributed by atoms with Crippen LogP contribution in [0, 0.1) is 5.92 Å². The third kappa shape index (κ3) is 2.45. The molecule has 0 atom stereocenters. The van der Waals surface area contributed by atoms with E-state index in [4.69, 9.17) is 10.5 Å². The van der Waals surface area contributed by atoms with Gasteiger partial charge in [-0.1, -0.05) is 19.9 Å². The Hall–Kier alpha value is -2.04. The second-order valence-corrected chi connectivity index (χ2v) is 4.61. The zero-order valence-corrected chi connectivity index (χ0v) is 10.9. The number of nitrogen functional groups attached to an aromatic ring is 1. The first-order chi connectivity index (χ1) is 8.61. The smallest absolute Gasteiger partial charge is 0.184 e. The van der Waals surface area contributed by atoms with Crippen LogP contribution in [0.3, 0.4) is 0 Å². The van der Waals surface area contributed by atoms with Crippen LogP contribution >= 0.6 is 0 Å². The molecule has 0 saturated heterocycles. The van der Waals surface area contributed by atoms with E-state index in [1.165, 1.54) is 0 Å². The highest BCUT2D eigenvalue weighted by atomic mass is 16.5. The molecule has 0 unspecified atom stereocenters. The first-order valence-corrected chi connectivity index (χ1v) is 5.94. The number of hydrogen-bond acceptors (Lipinski definition) is 4. The summed E-state index contributed by atoms with van der Waals surface area (Å²) < 4.78 is 7.14. The minimum Gasteiger partial charge on any atom is -0.494 e. The number of para-hydroxylation sites is 1. The number of benzene rings is 1. The topological polar surface area (TPSA) is 66.0 Å². The lowest BCUT2D eigenvalue weighted by Gasteiger charge is -2.08. The average Bonchev–Trinajstić information content (AvgIpc) is 2.76. The fraction of sp³-hybridized carbons (Fsp3) is 0.385. The fourth-order valence-electron chi connectivity index (χ4n) is 1.84. The van der Waals surface area contributed by atoms with E-state index in [1.54, 1.807) is 19.5 Å². The van der Waals surface area contributed by atoms with Gasteiger partial charge >= 0.3 is 0 Å². The molecule has 0 radical (unpaired) electrons. The van der Waals surface area contributed by atoms with Crippen molar-refractivity contribution in [2.45, 2.75) is 20.4 Å². The number of ether oxygens (including phenoxy) is 1. The van der Waals surface area contributed by atoms with Crippen molar-refractivity contribution in [1.29, 1.82) is 0 Å². The molecule has 5 nitrogen and oxygen atoms in total. The Kier molecular flexibility index (Phi) is 3.50. The summed E-state index contributed by atoms with van der Waals surface area (Å²) in [6, 6.07) is 5.58. The van der Waals surface area contributed by atoms with Crippen molar-refractivity contribution in [2.24, 2.45) is 5.92 Å². The maximum atomic E-state index is 5.87. The molecule has 2 rings (SSSR count). The molecule has 1 aromatic heterocycles. The summed E-state index contributed by atoms with van der Waals surface area (Å²) in [6.07, 6.45) is 1.73. The van der Waals surface area contributed by atoms with Crippen molar-refractivity contribution in [2.75, 3.05) is 12.8 Å². The predicted molar refractivity (Wildman–Crippen MR) is 71.3 cm³/mol. The molecule has 1 aromatic carbocycles. The second kappa shape index (κ2) is 5.08. The van der Waals surface area contributed by atoms with Gasteiger partial charge in [-0.15, -0.1) is 0 Å². The number of nitrogens with two attached hydrogens (primary N) is 1. The molecule has 0 bridgehead atoms. The van der Waals surface area contributed by atoms with Crippen LogP contribution < -0.4 is 10.5 Å². The summed E-state index contributed by atoms with van der Waals surface area (Å²) in [5, 5.41) is 4.44. The molecule has 0 aliphatic heterocycles. The predicted octanol–water partition coefficient (Wildman–Crippen LogP) is 2.19. The molecule has 5 heteroatoms. The quantitative estimate of drug-likeness (QED) is 0.840. The molecule has 0 saturated carbocycles. The first kappa shape index (κ1) is 12.4. The molecule has 2 N–H and O–H groups in total. The van der Waals surface area contributed by atoms with Gasteiger partial charge in [0.05, 0.1) is 18.4 Å². The van der Waals surface area contributed by atoms with E-state index in [-0.39, 0.29) is 0 Å². The van der Waals surface area contributed by atoms with Gasteiger partial charge in [-0.3, -0.25) is 4.68 Å². The van der Waals surface area contributed by atoms with Crippen LogP contribution in [0.2, 0.25) is 0 Å². The molecular weight excluding hydrogens is 228 g/mol. The van der Waals surface area contributed by atoms with Crippen LogP contribution in [0.4, 0.5) is 5.69 Å². The molecule has 0 aliphatic carbocycles. The Morgan fingerprint density at radius 2 is 2.17 bits per heavy atom. The van der Waals surface area contributed by atoms with Crippen molar-refractivity contribution in [3.8, 4) is 17.1 Å². The van der Waals surface area contributed by atoms with E-state index in [0.717, 1.165) is 12.1 Å². The number of rotatable bonds is 4. The summed E-state index contributed by atoms with van der Waals surface area (Å²) >= 11 is 0. The Labute approximate surface area is 107 Å². The average molecular weight is 246 g/mol. The summed E-state index contributed by atoms with van der Waals surface area (Å²) in [5.74, 6) is 1.79. The van der Waals surface area contributed by atoms with E-state index >= 15 is 0 Å². The molecule has 1 heterocycles. The molecule has 2 aromatic rings. The molecule has 0 amide bonds. The lowest BCUT2D eigenvalue weighted by Crippen LogP contribution is -2.04. The zero-order chi connectivity index (χ0) is 13.1. The van der Waals surface area contributed by atoms with Gasteiger partial charge in [0.2, 0.25) is 0 Å². The van der Waals surface area contributed by atoms with Gasteiger partial charge in [0.15, 0.2) is 11.6 Å². The highest BCUT2D eigenvalue weighted by molar-refractivity contribution is 5.72. The Morgan fingerprint density at radius 1 is 1.39 bits per heavy atom. The fourth-order valence-corrected chi connectivity index (χ4v) is 1.84. The highest BCUT2D eigenvalue weighted by Gasteiger charge is 2.12. The van der Waals surface area contributed by atoms with Gasteiger partial charge in [-0.05, 0) is 18.1 Å². The standard InChI is InChI=1S/C13H18N4O/c1-9(2)7-17-8-15-13(16-17)10-5-4-6-11(14)12(10)18-3/h4-6,8-9H,7,14H2,1-3H3. The van der Waals surface area contributed by atoms with Crippen molar-refractivity contribution >= 4 is 5.69 Å². The van der Waals surface area contributed by atoms with E-state index < -0.39 is 0 Å². The van der Waals surface area contributed by atoms with Crippen LogP contribution in [0.15, 0.2) is 24.5 Å². The maximum Gasteiger partial charge on any atom is 0.184 e. The second-order valence-electron chi connectivity index (χ2n) is 4.61. The van der Waals surface area contributed by atoms with E-state index in [2.05, 4.69) is 23.9 Å². The normalized spacial score (nSPS) is 10.9. The number of methoxy groups -OCH3 is 1. The highest BCUT2D eigenvalue weighted by Crippen LogP contribution is 2.32. The summed E-state index contributed by atoms with van der Waals surface area (Å²) in [4.78, 5) is 4.31. The van der Waals surface area contributed by atoms with Crippen molar-refractivity contribution in [3.05, 3.63) is 24.5 Å². The van der Waals surface area contributed by atoms with Gasteiger partial charge in [0.1, 0.15) is 6.33 Å². The Balaban J connectivity index is 2.37. The Bertz CT molecular complexity index is 534. The zero-order valence-electron chi connectivity index (χ0n) is 10.9. The molecule has 0 spiro atoms. The summed E-state index contributed by atoms with van der Waals surface area (Å²) in [5.41, 5.74) is 7.28. The van der Waals surface area contributed by atoms with Crippen LogP contribution in [-0.4, -0.2) is 21.9 Å². The van der Waals surface area contributed by atoms with Crippen LogP contribution in [0.5, 0.6) is 5.75 Å². The number of nitrogens with zero attached hydrogens (tertiary/aromatic N) is 3. The monoisotopic (exact) mass is 246 g/mol. The number of aromatic nitrogens is 3. The largest absolute Gasteiger partial charge is 0.494 e. The van der Waals surface area contributed by atoms with Gasteiger partial charge in [0.25, 0.3) is 0 Å². The Morgan fingerprint density at radius 3 is 2.83 bits per heavy atom. The third-order valence-corrected chi connectivity index (χ3v) is 2.58. The maximum absolute atomic E-state index is 5.87. The first-order valence-electron chi connectivity index (χ1n) is 5.94. The minimum atomic E-state index is 0.530. The summed E-state index contributed by atoms with van der Waals surface area (Å²) in [6.45, 7) is 5.13. The number of hydrogen-bond donors (Lipinski definition) is 1. The minimum absolute atomic E-state index is 0.530. The van der Waals surface area contributed by atoms with Gasteiger partial charge in [-0.25, -0.2) is 4.98 Å². The molecular formula is C13H18N4O. The molecule has 0 fully saturated rings. The van der Waals surface area contributed by atoms with E-state index in [9.17, 15) is 0 Å². The van der Waals surface area contributed by atoms with Gasteiger partial charge in [-0.2, -0.15) is 5.10 Å². The molecule has 18 heavy (non-hydrogen) atoms. The third-order valence-electron chi connectivity index (χ3n) is 2.58. The van der Waals surface area contributed by atoms with Crippen molar-refractivity contribution in [3.63, 3.8) is 0 Å².